The van der Waals surface area contributed by atoms with E-state index >= 15 is 0 Å². The molecule has 3 aromatic carbocycles. The van der Waals surface area contributed by atoms with E-state index in [1.165, 1.54) is 0 Å². The summed E-state index contributed by atoms with van der Waals surface area (Å²) >= 11 is 0. The van der Waals surface area contributed by atoms with Gasteiger partial charge in [0.15, 0.2) is 5.52 Å². The smallest absolute Gasteiger partial charge is 0.292 e. The molecule has 0 saturated carbocycles. The Labute approximate surface area is 231 Å². The Hall–Kier alpha value is -4.47. The van der Waals surface area contributed by atoms with Gasteiger partial charge in [-0.15, -0.1) is 0 Å². The van der Waals surface area contributed by atoms with Crippen molar-refractivity contribution in [2.24, 2.45) is 0 Å². The highest BCUT2D eigenvalue weighted by molar-refractivity contribution is 5.72. The molecular weight excluding hydrogens is 508 g/mol. The van der Waals surface area contributed by atoms with E-state index in [9.17, 15) is 4.79 Å². The van der Waals surface area contributed by atoms with Crippen molar-refractivity contribution < 1.29 is 18.9 Å². The van der Waals surface area contributed by atoms with Crippen LogP contribution >= 0.6 is 0 Å². The van der Waals surface area contributed by atoms with Gasteiger partial charge in [0.1, 0.15) is 23.3 Å². The lowest BCUT2D eigenvalue weighted by atomic mass is 9.80. The molecule has 2 atom stereocenters. The number of nitrogens with zero attached hydrogens (tertiary/aromatic N) is 3. The Morgan fingerprint density at radius 2 is 1.52 bits per heavy atom. The van der Waals surface area contributed by atoms with Crippen LogP contribution in [-0.4, -0.2) is 46.7 Å². The quantitative estimate of drug-likeness (QED) is 0.269. The fraction of sp³-hybridized carbons (Fsp3) is 0.258. The van der Waals surface area contributed by atoms with Crippen LogP contribution < -0.4 is 15.0 Å². The third-order valence-electron chi connectivity index (χ3n) is 7.45. The second-order valence-electron chi connectivity index (χ2n) is 9.69. The average molecular weight is 539 g/mol. The standard InChI is InChI=1S/C31H30N4O5/c1-37-24-12-8-22(9-13-24)31(21-6-4-3-5-7-21,23-10-14-25(38-2)15-11-23)39-19-26-16-17-28(40-26)35-20-32-29-27(35)18-33-34-30(29)36/h3-15,18,20,26,28H,16-17,19H2,1-2H3,(H,34,36). The molecule has 40 heavy (non-hydrogen) atoms. The van der Waals surface area contributed by atoms with Gasteiger partial charge in [-0.1, -0.05) is 54.6 Å². The van der Waals surface area contributed by atoms with E-state index in [-0.39, 0.29) is 17.9 Å². The molecular formula is C31H30N4O5. The van der Waals surface area contributed by atoms with Gasteiger partial charge in [0.05, 0.1) is 45.0 Å². The van der Waals surface area contributed by atoms with Crippen LogP contribution in [0.4, 0.5) is 0 Å². The molecule has 9 nitrogen and oxygen atoms in total. The van der Waals surface area contributed by atoms with Gasteiger partial charge in [-0.2, -0.15) is 5.10 Å². The summed E-state index contributed by atoms with van der Waals surface area (Å²) in [5, 5.41) is 6.36. The van der Waals surface area contributed by atoms with Crippen molar-refractivity contribution in [3.05, 3.63) is 118 Å². The van der Waals surface area contributed by atoms with Gasteiger partial charge in [-0.3, -0.25) is 4.79 Å². The summed E-state index contributed by atoms with van der Waals surface area (Å²) < 4.78 is 26.2. The third-order valence-corrected chi connectivity index (χ3v) is 7.45. The number of fused-ring (bicyclic) bond motifs is 1. The fourth-order valence-electron chi connectivity index (χ4n) is 5.41. The molecule has 0 amide bonds. The first-order valence-electron chi connectivity index (χ1n) is 13.2. The summed E-state index contributed by atoms with van der Waals surface area (Å²) in [7, 11) is 3.31. The number of aromatic amines is 1. The molecule has 1 fully saturated rings. The van der Waals surface area contributed by atoms with Gasteiger partial charge in [0, 0.05) is 0 Å². The lowest BCUT2D eigenvalue weighted by Crippen LogP contribution is -2.35. The zero-order valence-corrected chi connectivity index (χ0v) is 22.3. The molecule has 0 spiro atoms. The number of nitrogens with one attached hydrogen (secondary N) is 1. The van der Waals surface area contributed by atoms with E-state index in [1.807, 2.05) is 71.3 Å². The van der Waals surface area contributed by atoms with E-state index in [2.05, 4.69) is 27.3 Å². The number of imidazole rings is 1. The second kappa shape index (κ2) is 11.0. The summed E-state index contributed by atoms with van der Waals surface area (Å²) in [5.41, 5.74) is 2.67. The number of H-pyrrole nitrogens is 1. The lowest BCUT2D eigenvalue weighted by Gasteiger charge is -2.37. The van der Waals surface area contributed by atoms with Gasteiger partial charge in [-0.05, 0) is 53.8 Å². The first-order chi connectivity index (χ1) is 19.6. The first-order valence-corrected chi connectivity index (χ1v) is 13.2. The molecule has 1 aliphatic heterocycles. The van der Waals surface area contributed by atoms with Crippen molar-refractivity contribution >= 4 is 11.0 Å². The molecule has 6 rings (SSSR count). The molecule has 1 saturated heterocycles. The molecule has 9 heteroatoms. The maximum Gasteiger partial charge on any atom is 0.292 e. The highest BCUT2D eigenvalue weighted by atomic mass is 16.6. The van der Waals surface area contributed by atoms with Gasteiger partial charge in [0.2, 0.25) is 0 Å². The van der Waals surface area contributed by atoms with E-state index in [1.54, 1.807) is 26.7 Å². The fourth-order valence-corrected chi connectivity index (χ4v) is 5.41. The van der Waals surface area contributed by atoms with Gasteiger partial charge in [-0.25, -0.2) is 10.1 Å². The van der Waals surface area contributed by atoms with Gasteiger partial charge in [0.25, 0.3) is 5.56 Å². The number of aromatic nitrogens is 4. The van der Waals surface area contributed by atoms with E-state index in [0.717, 1.165) is 41.0 Å². The maximum absolute atomic E-state index is 12.1. The molecule has 0 aliphatic carbocycles. The minimum atomic E-state index is -0.917. The van der Waals surface area contributed by atoms with Crippen LogP contribution in [0.1, 0.15) is 35.8 Å². The third kappa shape index (κ3) is 4.63. The zero-order valence-electron chi connectivity index (χ0n) is 22.3. The van der Waals surface area contributed by atoms with Crippen molar-refractivity contribution in [1.29, 1.82) is 0 Å². The average Bonchev–Trinajstić information content (AvgIpc) is 3.67. The minimum Gasteiger partial charge on any atom is -0.497 e. The Balaban J connectivity index is 1.35. The minimum absolute atomic E-state index is 0.169. The predicted molar refractivity (Wildman–Crippen MR) is 150 cm³/mol. The molecule has 0 radical (unpaired) electrons. The Morgan fingerprint density at radius 3 is 2.15 bits per heavy atom. The molecule has 1 aliphatic rings. The van der Waals surface area contributed by atoms with Crippen molar-refractivity contribution in [3.63, 3.8) is 0 Å². The molecule has 0 bridgehead atoms. The number of ether oxygens (including phenoxy) is 4. The van der Waals surface area contributed by atoms with E-state index in [4.69, 9.17) is 18.9 Å². The molecule has 1 N–H and O–H groups in total. The topological polar surface area (TPSA) is 100 Å². The van der Waals surface area contributed by atoms with Crippen molar-refractivity contribution in [1.82, 2.24) is 19.7 Å². The van der Waals surface area contributed by atoms with Crippen LogP contribution in [0.5, 0.6) is 11.5 Å². The van der Waals surface area contributed by atoms with Crippen LogP contribution in [0.2, 0.25) is 0 Å². The van der Waals surface area contributed by atoms with Crippen LogP contribution in [-0.2, 0) is 15.1 Å². The van der Waals surface area contributed by atoms with Crippen LogP contribution in [0, 0.1) is 0 Å². The lowest BCUT2D eigenvalue weighted by molar-refractivity contribution is -0.0755. The number of rotatable bonds is 9. The largest absolute Gasteiger partial charge is 0.497 e. The zero-order chi connectivity index (χ0) is 27.5. The van der Waals surface area contributed by atoms with Gasteiger partial charge >= 0.3 is 0 Å². The van der Waals surface area contributed by atoms with E-state index < -0.39 is 5.60 Å². The van der Waals surface area contributed by atoms with Crippen molar-refractivity contribution in [2.45, 2.75) is 30.8 Å². The van der Waals surface area contributed by atoms with Gasteiger partial charge < -0.3 is 23.5 Å². The monoisotopic (exact) mass is 538 g/mol. The first kappa shape index (κ1) is 25.8. The van der Waals surface area contributed by atoms with Crippen LogP contribution in [0.25, 0.3) is 11.0 Å². The predicted octanol–water partition coefficient (Wildman–Crippen LogP) is 4.82. The number of hydrogen-bond donors (Lipinski definition) is 1. The van der Waals surface area contributed by atoms with Crippen LogP contribution in [0.3, 0.4) is 0 Å². The molecule has 3 heterocycles. The summed E-state index contributed by atoms with van der Waals surface area (Å²) in [6.07, 6.45) is 4.35. The Bertz CT molecular complexity index is 1580. The van der Waals surface area contributed by atoms with Crippen molar-refractivity contribution in [3.8, 4) is 11.5 Å². The second-order valence-corrected chi connectivity index (χ2v) is 9.69. The molecule has 204 valence electrons. The number of hydrogen-bond acceptors (Lipinski definition) is 7. The maximum atomic E-state index is 12.1. The summed E-state index contributed by atoms with van der Waals surface area (Å²) in [6.45, 7) is 0.342. The SMILES string of the molecule is COc1ccc(C(OCC2CCC(n3cnc4c(=O)[nH]ncc43)O2)(c2ccccc2)c2ccc(OC)cc2)cc1. The normalized spacial score (nSPS) is 17.2. The Kier molecular flexibility index (Phi) is 7.06. The summed E-state index contributed by atoms with van der Waals surface area (Å²) in [6, 6.07) is 26.1. The molecule has 2 unspecified atom stereocenters. The summed E-state index contributed by atoms with van der Waals surface area (Å²) in [5.74, 6) is 1.53. The summed E-state index contributed by atoms with van der Waals surface area (Å²) in [4.78, 5) is 16.4. The highest BCUT2D eigenvalue weighted by Crippen LogP contribution is 2.42. The van der Waals surface area contributed by atoms with E-state index in [0.29, 0.717) is 17.6 Å². The number of benzene rings is 3. The highest BCUT2D eigenvalue weighted by Gasteiger charge is 2.39. The van der Waals surface area contributed by atoms with Crippen LogP contribution in [0.15, 0.2) is 96.2 Å². The molecule has 5 aromatic rings. The molecule has 2 aromatic heterocycles. The van der Waals surface area contributed by atoms with Crippen molar-refractivity contribution in [2.75, 3.05) is 20.8 Å². The Morgan fingerprint density at radius 1 is 0.900 bits per heavy atom. The number of methoxy groups -OCH3 is 2.